The highest BCUT2D eigenvalue weighted by Crippen LogP contribution is 2.14. The second-order valence-electron chi connectivity index (χ2n) is 3.52. The second-order valence-corrected chi connectivity index (χ2v) is 3.52. The number of carbonyl (C=O) groups is 1. The number of aromatic nitrogens is 1. The fourth-order valence-corrected chi connectivity index (χ4v) is 1.22. The van der Waals surface area contributed by atoms with Gasteiger partial charge in [-0.2, -0.15) is 0 Å². The zero-order chi connectivity index (χ0) is 11.8. The molecule has 0 bridgehead atoms. The Bertz CT molecular complexity index is 372. The summed E-state index contributed by atoms with van der Waals surface area (Å²) < 4.78 is 5.49. The van der Waals surface area contributed by atoms with Crippen molar-refractivity contribution >= 4 is 5.78 Å². The molecule has 0 amide bonds. The Labute approximate surface area is 96.2 Å². The van der Waals surface area contributed by atoms with E-state index < -0.39 is 0 Å². The summed E-state index contributed by atoms with van der Waals surface area (Å²) in [4.78, 5) is 15.3. The molecule has 0 aliphatic rings. The van der Waals surface area contributed by atoms with Crippen molar-refractivity contribution in [2.45, 2.75) is 26.7 Å². The van der Waals surface area contributed by atoms with Crippen molar-refractivity contribution in [3.8, 4) is 5.75 Å². The summed E-state index contributed by atoms with van der Waals surface area (Å²) in [6.45, 7) is 4.35. The van der Waals surface area contributed by atoms with Crippen LogP contribution in [0.1, 0.15) is 25.3 Å². The van der Waals surface area contributed by atoms with Gasteiger partial charge in [0.2, 0.25) is 0 Å². The van der Waals surface area contributed by atoms with E-state index in [9.17, 15) is 4.79 Å². The van der Waals surface area contributed by atoms with Crippen LogP contribution in [0.25, 0.3) is 0 Å². The van der Waals surface area contributed by atoms with E-state index >= 15 is 0 Å². The molecule has 0 aromatic carbocycles. The largest absolute Gasteiger partial charge is 0.493 e. The Morgan fingerprint density at radius 1 is 1.56 bits per heavy atom. The maximum Gasteiger partial charge on any atom is 0.158 e. The number of ketones is 1. The molecule has 0 atom stereocenters. The van der Waals surface area contributed by atoms with Gasteiger partial charge >= 0.3 is 0 Å². The van der Waals surface area contributed by atoms with Gasteiger partial charge in [0.25, 0.3) is 0 Å². The predicted octanol–water partition coefficient (Wildman–Crippen LogP) is 2.69. The van der Waals surface area contributed by atoms with E-state index in [1.165, 1.54) is 0 Å². The summed E-state index contributed by atoms with van der Waals surface area (Å²) in [5.74, 6) is 0.899. The number of aryl methyl sites for hydroxylation is 1. The summed E-state index contributed by atoms with van der Waals surface area (Å²) in [6, 6.07) is 1.81. The number of rotatable bonds is 6. The Hall–Kier alpha value is -1.64. The first kappa shape index (κ1) is 12.4. The minimum absolute atomic E-state index is 0.105. The molecule has 0 aliphatic carbocycles. The molecular weight excluding hydrogens is 202 g/mol. The zero-order valence-electron chi connectivity index (χ0n) is 9.77. The summed E-state index contributed by atoms with van der Waals surface area (Å²) in [7, 11) is 0. The van der Waals surface area contributed by atoms with Crippen molar-refractivity contribution in [1.82, 2.24) is 4.98 Å². The Morgan fingerprint density at radius 2 is 2.38 bits per heavy atom. The topological polar surface area (TPSA) is 39.2 Å². The average molecular weight is 219 g/mol. The van der Waals surface area contributed by atoms with Gasteiger partial charge in [0, 0.05) is 24.4 Å². The molecule has 0 saturated heterocycles. The lowest BCUT2D eigenvalue weighted by atomic mass is 10.2. The predicted molar refractivity (Wildman–Crippen MR) is 63.5 cm³/mol. The van der Waals surface area contributed by atoms with Crippen LogP contribution in [0.2, 0.25) is 0 Å². The highest BCUT2D eigenvalue weighted by molar-refractivity contribution is 5.89. The number of hydrogen-bond donors (Lipinski definition) is 0. The standard InChI is InChI=1S/C13H17NO2/c1-3-4-5-12(15)7-9-16-13-6-8-14-10-11(13)2/h4-6,8,10H,3,7,9H2,1-2H3/b5-4+. The first-order valence-electron chi connectivity index (χ1n) is 5.46. The molecule has 0 N–H and O–H groups in total. The average Bonchev–Trinajstić information content (AvgIpc) is 2.29. The van der Waals surface area contributed by atoms with E-state index in [0.29, 0.717) is 13.0 Å². The fourth-order valence-electron chi connectivity index (χ4n) is 1.22. The van der Waals surface area contributed by atoms with Gasteiger partial charge in [-0.3, -0.25) is 9.78 Å². The van der Waals surface area contributed by atoms with E-state index in [1.54, 1.807) is 18.5 Å². The smallest absolute Gasteiger partial charge is 0.158 e. The van der Waals surface area contributed by atoms with Crippen molar-refractivity contribution in [3.05, 3.63) is 36.2 Å². The first-order valence-corrected chi connectivity index (χ1v) is 5.46. The van der Waals surface area contributed by atoms with Crippen LogP contribution in [0.15, 0.2) is 30.6 Å². The lowest BCUT2D eigenvalue weighted by molar-refractivity contribution is -0.115. The number of pyridine rings is 1. The van der Waals surface area contributed by atoms with Crippen molar-refractivity contribution in [2.24, 2.45) is 0 Å². The molecule has 3 heteroatoms. The molecule has 1 aromatic rings. The maximum atomic E-state index is 11.3. The molecule has 1 aromatic heterocycles. The normalized spacial score (nSPS) is 10.6. The Morgan fingerprint density at radius 3 is 3.06 bits per heavy atom. The van der Waals surface area contributed by atoms with Gasteiger partial charge in [-0.05, 0) is 25.5 Å². The second kappa shape index (κ2) is 6.77. The van der Waals surface area contributed by atoms with Crippen LogP contribution in [0.4, 0.5) is 0 Å². The van der Waals surface area contributed by atoms with Crippen LogP contribution in [0.3, 0.4) is 0 Å². The molecule has 1 heterocycles. The third-order valence-electron chi connectivity index (χ3n) is 2.11. The molecule has 3 nitrogen and oxygen atoms in total. The number of allylic oxidation sites excluding steroid dienone is 2. The third kappa shape index (κ3) is 4.26. The van der Waals surface area contributed by atoms with Gasteiger partial charge in [-0.25, -0.2) is 0 Å². The molecule has 0 radical (unpaired) electrons. The molecule has 0 saturated carbocycles. The molecule has 16 heavy (non-hydrogen) atoms. The van der Waals surface area contributed by atoms with Gasteiger partial charge in [0.15, 0.2) is 5.78 Å². The maximum absolute atomic E-state index is 11.3. The minimum Gasteiger partial charge on any atom is -0.493 e. The molecular formula is C13H17NO2. The van der Waals surface area contributed by atoms with Crippen LogP contribution in [0.5, 0.6) is 5.75 Å². The molecule has 1 rings (SSSR count). The van der Waals surface area contributed by atoms with Crippen LogP contribution < -0.4 is 4.74 Å². The molecule has 86 valence electrons. The van der Waals surface area contributed by atoms with Crippen molar-refractivity contribution in [3.63, 3.8) is 0 Å². The van der Waals surface area contributed by atoms with Crippen molar-refractivity contribution in [1.29, 1.82) is 0 Å². The van der Waals surface area contributed by atoms with Crippen LogP contribution in [-0.4, -0.2) is 17.4 Å². The number of ether oxygens (including phenoxy) is 1. The molecule has 0 aliphatic heterocycles. The third-order valence-corrected chi connectivity index (χ3v) is 2.11. The van der Waals surface area contributed by atoms with E-state index in [0.717, 1.165) is 17.7 Å². The van der Waals surface area contributed by atoms with Gasteiger partial charge in [-0.1, -0.05) is 13.0 Å². The summed E-state index contributed by atoms with van der Waals surface area (Å²) in [6.07, 6.45) is 8.20. The van der Waals surface area contributed by atoms with Gasteiger partial charge in [0.05, 0.1) is 6.61 Å². The number of hydrogen-bond acceptors (Lipinski definition) is 3. The van der Waals surface area contributed by atoms with E-state index in [1.807, 2.05) is 26.0 Å². The van der Waals surface area contributed by atoms with Gasteiger partial charge in [0.1, 0.15) is 5.75 Å². The van der Waals surface area contributed by atoms with Gasteiger partial charge in [-0.15, -0.1) is 0 Å². The number of nitrogens with zero attached hydrogens (tertiary/aromatic N) is 1. The lowest BCUT2D eigenvalue weighted by Gasteiger charge is -2.06. The monoisotopic (exact) mass is 219 g/mol. The van der Waals surface area contributed by atoms with Crippen LogP contribution >= 0.6 is 0 Å². The highest BCUT2D eigenvalue weighted by Gasteiger charge is 2.00. The highest BCUT2D eigenvalue weighted by atomic mass is 16.5. The van der Waals surface area contributed by atoms with E-state index in [2.05, 4.69) is 4.98 Å². The first-order chi connectivity index (χ1) is 7.74. The zero-order valence-corrected chi connectivity index (χ0v) is 9.77. The minimum atomic E-state index is 0.105. The summed E-state index contributed by atoms with van der Waals surface area (Å²) in [5, 5.41) is 0. The SMILES string of the molecule is CC/C=C/C(=O)CCOc1ccncc1C. The van der Waals surface area contributed by atoms with Gasteiger partial charge < -0.3 is 4.74 Å². The quantitative estimate of drug-likeness (QED) is 0.690. The van der Waals surface area contributed by atoms with E-state index in [-0.39, 0.29) is 5.78 Å². The summed E-state index contributed by atoms with van der Waals surface area (Å²) in [5.41, 5.74) is 0.985. The Kier molecular flexibility index (Phi) is 5.26. The molecule has 0 unspecified atom stereocenters. The van der Waals surface area contributed by atoms with Crippen molar-refractivity contribution < 1.29 is 9.53 Å². The molecule has 0 spiro atoms. The lowest BCUT2D eigenvalue weighted by Crippen LogP contribution is -2.04. The number of carbonyl (C=O) groups excluding carboxylic acids is 1. The Balaban J connectivity index is 2.33. The van der Waals surface area contributed by atoms with Crippen molar-refractivity contribution in [2.75, 3.05) is 6.61 Å². The van der Waals surface area contributed by atoms with Crippen LogP contribution in [0, 0.1) is 6.92 Å². The fraction of sp³-hybridized carbons (Fsp3) is 0.385. The van der Waals surface area contributed by atoms with Crippen LogP contribution in [-0.2, 0) is 4.79 Å². The summed E-state index contributed by atoms with van der Waals surface area (Å²) >= 11 is 0. The van der Waals surface area contributed by atoms with E-state index in [4.69, 9.17) is 4.74 Å². The molecule has 0 fully saturated rings.